The van der Waals surface area contributed by atoms with Crippen LogP contribution in [0.4, 0.5) is 0 Å². The van der Waals surface area contributed by atoms with E-state index in [1.54, 1.807) is 0 Å². The van der Waals surface area contributed by atoms with Gasteiger partial charge in [0, 0.05) is 11.8 Å². The van der Waals surface area contributed by atoms with E-state index in [1.807, 2.05) is 19.9 Å². The van der Waals surface area contributed by atoms with Gasteiger partial charge in [-0.3, -0.25) is 4.79 Å². The molecule has 0 aromatic carbocycles. The Morgan fingerprint density at radius 3 is 2.43 bits per heavy atom. The summed E-state index contributed by atoms with van der Waals surface area (Å²) in [6.07, 6.45) is 1.91. The monoisotopic (exact) mass is 194 g/mol. The Balaban J connectivity index is 3.06. The standard InChI is InChI=1S/C12H18O2/c1-5-9(4)11-6-10(7-13)12(14-11)8(2)3/h6-9H,5H2,1-4H3. The minimum atomic E-state index is 0.271. The average Bonchev–Trinajstić information content (AvgIpc) is 2.60. The van der Waals surface area contributed by atoms with Gasteiger partial charge in [-0.1, -0.05) is 27.7 Å². The van der Waals surface area contributed by atoms with Crippen LogP contribution in [0.1, 0.15) is 67.8 Å². The molecule has 0 saturated carbocycles. The summed E-state index contributed by atoms with van der Waals surface area (Å²) < 4.78 is 5.69. The molecule has 0 radical (unpaired) electrons. The van der Waals surface area contributed by atoms with Gasteiger partial charge < -0.3 is 4.42 Å². The Morgan fingerprint density at radius 1 is 1.43 bits per heavy atom. The van der Waals surface area contributed by atoms with Crippen molar-refractivity contribution in [1.29, 1.82) is 0 Å². The van der Waals surface area contributed by atoms with Crippen molar-refractivity contribution in [2.45, 2.75) is 46.0 Å². The average molecular weight is 194 g/mol. The first kappa shape index (κ1) is 11.0. The van der Waals surface area contributed by atoms with Gasteiger partial charge in [-0.25, -0.2) is 0 Å². The van der Waals surface area contributed by atoms with Crippen LogP contribution in [-0.4, -0.2) is 6.29 Å². The van der Waals surface area contributed by atoms with E-state index in [9.17, 15) is 4.79 Å². The highest BCUT2D eigenvalue weighted by Crippen LogP contribution is 2.28. The summed E-state index contributed by atoms with van der Waals surface area (Å²) in [5.74, 6) is 2.41. The molecule has 78 valence electrons. The van der Waals surface area contributed by atoms with Crippen molar-refractivity contribution in [1.82, 2.24) is 0 Å². The Kier molecular flexibility index (Phi) is 3.50. The molecule has 0 aliphatic carbocycles. The summed E-state index contributed by atoms with van der Waals surface area (Å²) in [4.78, 5) is 10.8. The van der Waals surface area contributed by atoms with E-state index in [-0.39, 0.29) is 5.92 Å². The highest BCUT2D eigenvalue weighted by atomic mass is 16.3. The molecule has 0 amide bonds. The third-order valence-electron chi connectivity index (χ3n) is 2.56. The topological polar surface area (TPSA) is 30.2 Å². The predicted molar refractivity (Wildman–Crippen MR) is 56.9 cm³/mol. The SMILES string of the molecule is CCC(C)c1cc(C=O)c(C(C)C)o1. The molecule has 14 heavy (non-hydrogen) atoms. The van der Waals surface area contributed by atoms with Gasteiger partial charge in [0.25, 0.3) is 0 Å². The third kappa shape index (κ3) is 2.06. The van der Waals surface area contributed by atoms with Crippen molar-refractivity contribution >= 4 is 6.29 Å². The zero-order valence-electron chi connectivity index (χ0n) is 9.33. The summed E-state index contributed by atoms with van der Waals surface area (Å²) in [5, 5.41) is 0. The molecular formula is C12H18O2. The molecule has 1 aromatic rings. The minimum absolute atomic E-state index is 0.271. The lowest BCUT2D eigenvalue weighted by molar-refractivity contribution is 0.112. The molecule has 1 unspecified atom stereocenters. The van der Waals surface area contributed by atoms with Crippen molar-refractivity contribution in [3.05, 3.63) is 23.2 Å². The molecule has 1 rings (SSSR count). The number of carbonyl (C=O) groups excluding carboxylic acids is 1. The molecule has 0 N–H and O–H groups in total. The number of furan rings is 1. The lowest BCUT2D eigenvalue weighted by atomic mass is 10.0. The van der Waals surface area contributed by atoms with Gasteiger partial charge in [0.2, 0.25) is 0 Å². The fourth-order valence-corrected chi connectivity index (χ4v) is 1.43. The summed E-state index contributed by atoms with van der Waals surface area (Å²) in [7, 11) is 0. The van der Waals surface area contributed by atoms with Gasteiger partial charge in [-0.15, -0.1) is 0 Å². The molecule has 2 heteroatoms. The summed E-state index contributed by atoms with van der Waals surface area (Å²) in [6.45, 7) is 8.29. The van der Waals surface area contributed by atoms with Crippen molar-refractivity contribution in [3.8, 4) is 0 Å². The van der Waals surface area contributed by atoms with Crippen LogP contribution in [0.15, 0.2) is 10.5 Å². The van der Waals surface area contributed by atoms with E-state index in [2.05, 4.69) is 13.8 Å². The smallest absolute Gasteiger partial charge is 0.153 e. The van der Waals surface area contributed by atoms with Crippen LogP contribution in [0.5, 0.6) is 0 Å². The van der Waals surface area contributed by atoms with Gasteiger partial charge in [0.05, 0.1) is 5.56 Å². The van der Waals surface area contributed by atoms with E-state index in [0.717, 1.165) is 24.2 Å². The van der Waals surface area contributed by atoms with Gasteiger partial charge in [-0.2, -0.15) is 0 Å². The Hall–Kier alpha value is -1.05. The molecule has 2 nitrogen and oxygen atoms in total. The second-order valence-electron chi connectivity index (χ2n) is 4.05. The van der Waals surface area contributed by atoms with Crippen molar-refractivity contribution in [2.75, 3.05) is 0 Å². The summed E-state index contributed by atoms with van der Waals surface area (Å²) in [5.41, 5.74) is 0.704. The Morgan fingerprint density at radius 2 is 2.07 bits per heavy atom. The maximum Gasteiger partial charge on any atom is 0.153 e. The lowest BCUT2D eigenvalue weighted by Crippen LogP contribution is -1.89. The Bertz CT molecular complexity index is 310. The molecule has 0 spiro atoms. The van der Waals surface area contributed by atoms with Gasteiger partial charge in [0.1, 0.15) is 11.5 Å². The van der Waals surface area contributed by atoms with E-state index in [1.165, 1.54) is 0 Å². The van der Waals surface area contributed by atoms with Crippen LogP contribution in [0, 0.1) is 0 Å². The normalized spacial score (nSPS) is 13.2. The molecule has 0 aliphatic rings. The van der Waals surface area contributed by atoms with Crippen LogP contribution in [-0.2, 0) is 0 Å². The molecule has 1 heterocycles. The zero-order valence-corrected chi connectivity index (χ0v) is 9.33. The van der Waals surface area contributed by atoms with Crippen LogP contribution in [0.3, 0.4) is 0 Å². The summed E-state index contributed by atoms with van der Waals surface area (Å²) in [6, 6.07) is 1.87. The second-order valence-corrected chi connectivity index (χ2v) is 4.05. The van der Waals surface area contributed by atoms with Crippen LogP contribution in [0.25, 0.3) is 0 Å². The maximum absolute atomic E-state index is 10.8. The number of hydrogen-bond acceptors (Lipinski definition) is 2. The van der Waals surface area contributed by atoms with Crippen LogP contribution in [0.2, 0.25) is 0 Å². The lowest BCUT2D eigenvalue weighted by Gasteiger charge is -2.04. The van der Waals surface area contributed by atoms with Gasteiger partial charge >= 0.3 is 0 Å². The molecule has 0 bridgehead atoms. The van der Waals surface area contributed by atoms with Crippen LogP contribution < -0.4 is 0 Å². The molecular weight excluding hydrogens is 176 g/mol. The number of carbonyl (C=O) groups is 1. The molecule has 1 atom stereocenters. The molecule has 1 aromatic heterocycles. The number of hydrogen-bond donors (Lipinski definition) is 0. The van der Waals surface area contributed by atoms with Crippen molar-refractivity contribution < 1.29 is 9.21 Å². The second kappa shape index (κ2) is 4.45. The molecule has 0 fully saturated rings. The van der Waals surface area contributed by atoms with E-state index in [0.29, 0.717) is 11.5 Å². The number of rotatable bonds is 4. The van der Waals surface area contributed by atoms with Crippen molar-refractivity contribution in [2.24, 2.45) is 0 Å². The maximum atomic E-state index is 10.8. The van der Waals surface area contributed by atoms with Gasteiger partial charge in [0.15, 0.2) is 6.29 Å². The van der Waals surface area contributed by atoms with Gasteiger partial charge in [-0.05, 0) is 12.5 Å². The van der Waals surface area contributed by atoms with E-state index < -0.39 is 0 Å². The predicted octanol–water partition coefficient (Wildman–Crippen LogP) is 3.73. The van der Waals surface area contributed by atoms with Crippen molar-refractivity contribution in [3.63, 3.8) is 0 Å². The van der Waals surface area contributed by atoms with E-state index >= 15 is 0 Å². The fourth-order valence-electron chi connectivity index (χ4n) is 1.43. The third-order valence-corrected chi connectivity index (χ3v) is 2.56. The first-order valence-corrected chi connectivity index (χ1v) is 5.18. The molecule has 0 aliphatic heterocycles. The highest BCUT2D eigenvalue weighted by molar-refractivity contribution is 5.76. The quantitative estimate of drug-likeness (QED) is 0.683. The van der Waals surface area contributed by atoms with Crippen LogP contribution >= 0.6 is 0 Å². The number of aldehydes is 1. The first-order chi connectivity index (χ1) is 6.60. The highest BCUT2D eigenvalue weighted by Gasteiger charge is 2.16. The largest absolute Gasteiger partial charge is 0.465 e. The molecule has 0 saturated heterocycles. The minimum Gasteiger partial charge on any atom is -0.465 e. The Labute approximate surface area is 85.3 Å². The van der Waals surface area contributed by atoms with E-state index in [4.69, 9.17) is 4.42 Å². The fraction of sp³-hybridized carbons (Fsp3) is 0.583. The summed E-state index contributed by atoms with van der Waals surface area (Å²) >= 11 is 0. The zero-order chi connectivity index (χ0) is 10.7. The first-order valence-electron chi connectivity index (χ1n) is 5.18.